The molecule has 18 heavy (non-hydrogen) atoms. The van der Waals surface area contributed by atoms with E-state index in [1.807, 2.05) is 18.2 Å². The van der Waals surface area contributed by atoms with Gasteiger partial charge in [-0.3, -0.25) is 0 Å². The lowest BCUT2D eigenvalue weighted by Crippen LogP contribution is -2.17. The molecule has 2 aromatic carbocycles. The van der Waals surface area contributed by atoms with Crippen LogP contribution in [-0.2, 0) is 0 Å². The highest BCUT2D eigenvalue weighted by Crippen LogP contribution is 2.32. The van der Waals surface area contributed by atoms with Gasteiger partial charge in [0.15, 0.2) is 11.6 Å². The van der Waals surface area contributed by atoms with Crippen LogP contribution in [0.2, 0.25) is 0 Å². The molecule has 0 spiro atoms. The molecule has 2 nitrogen and oxygen atoms in total. The van der Waals surface area contributed by atoms with Crippen molar-refractivity contribution in [1.82, 2.24) is 0 Å². The van der Waals surface area contributed by atoms with Gasteiger partial charge in [0.25, 0.3) is 0 Å². The van der Waals surface area contributed by atoms with E-state index in [0.29, 0.717) is 12.2 Å². The Morgan fingerprint density at radius 3 is 2.56 bits per heavy atom. The van der Waals surface area contributed by atoms with Crippen LogP contribution in [0.4, 0.5) is 14.5 Å². The number of hydrogen-bond acceptors (Lipinski definition) is 2. The molecule has 0 saturated heterocycles. The van der Waals surface area contributed by atoms with Crippen LogP contribution in [0.25, 0.3) is 11.1 Å². The molecule has 0 saturated carbocycles. The van der Waals surface area contributed by atoms with E-state index in [-0.39, 0.29) is 0 Å². The second-order valence-electron chi connectivity index (χ2n) is 4.12. The highest BCUT2D eigenvalue weighted by molar-refractivity contribution is 5.72. The van der Waals surface area contributed by atoms with Crippen LogP contribution >= 0.6 is 0 Å². The summed E-state index contributed by atoms with van der Waals surface area (Å²) >= 11 is 0. The van der Waals surface area contributed by atoms with Crippen LogP contribution in [0.5, 0.6) is 5.75 Å². The number of fused-ring (bicyclic) bond motifs is 1. The Morgan fingerprint density at radius 1 is 0.944 bits per heavy atom. The summed E-state index contributed by atoms with van der Waals surface area (Å²) < 4.78 is 31.5. The Morgan fingerprint density at radius 2 is 1.72 bits per heavy atom. The molecular formula is C14H11F2NO. The van der Waals surface area contributed by atoms with Gasteiger partial charge in [-0.15, -0.1) is 0 Å². The molecule has 3 rings (SSSR count). The van der Waals surface area contributed by atoms with Crippen molar-refractivity contribution in [2.75, 3.05) is 18.5 Å². The van der Waals surface area contributed by atoms with E-state index >= 15 is 0 Å². The number of halogens is 2. The maximum atomic E-state index is 13.2. The topological polar surface area (TPSA) is 21.3 Å². The van der Waals surface area contributed by atoms with E-state index < -0.39 is 11.6 Å². The fourth-order valence-electron chi connectivity index (χ4n) is 2.00. The van der Waals surface area contributed by atoms with Crippen molar-refractivity contribution in [3.8, 4) is 16.9 Å². The largest absolute Gasteiger partial charge is 0.490 e. The highest BCUT2D eigenvalue weighted by atomic mass is 19.2. The molecule has 92 valence electrons. The van der Waals surface area contributed by atoms with Gasteiger partial charge in [0.05, 0.1) is 5.69 Å². The van der Waals surface area contributed by atoms with E-state index in [2.05, 4.69) is 5.32 Å². The molecule has 0 amide bonds. The third-order valence-corrected chi connectivity index (χ3v) is 2.91. The van der Waals surface area contributed by atoms with Crippen molar-refractivity contribution in [1.29, 1.82) is 0 Å². The molecule has 4 heteroatoms. The van der Waals surface area contributed by atoms with Crippen LogP contribution in [0.15, 0.2) is 36.4 Å². The van der Waals surface area contributed by atoms with E-state index in [0.717, 1.165) is 29.6 Å². The Kier molecular flexibility index (Phi) is 2.63. The summed E-state index contributed by atoms with van der Waals surface area (Å²) in [5, 5.41) is 3.21. The molecule has 0 radical (unpaired) electrons. The zero-order valence-electron chi connectivity index (χ0n) is 9.54. The van der Waals surface area contributed by atoms with Crippen molar-refractivity contribution in [2.24, 2.45) is 0 Å². The first-order valence-electron chi connectivity index (χ1n) is 5.70. The van der Waals surface area contributed by atoms with E-state index in [9.17, 15) is 8.78 Å². The molecule has 0 aliphatic carbocycles. The van der Waals surface area contributed by atoms with E-state index in [4.69, 9.17) is 4.74 Å². The minimum atomic E-state index is -0.838. The fourth-order valence-corrected chi connectivity index (χ4v) is 2.00. The Balaban J connectivity index is 2.03. The van der Waals surface area contributed by atoms with Gasteiger partial charge in [-0.2, -0.15) is 0 Å². The normalized spacial score (nSPS) is 13.4. The molecular weight excluding hydrogens is 236 g/mol. The predicted molar refractivity (Wildman–Crippen MR) is 65.8 cm³/mol. The molecule has 0 atom stereocenters. The van der Waals surface area contributed by atoms with Crippen molar-refractivity contribution < 1.29 is 13.5 Å². The summed E-state index contributed by atoms with van der Waals surface area (Å²) in [5.41, 5.74) is 2.35. The quantitative estimate of drug-likeness (QED) is 0.833. The average molecular weight is 247 g/mol. The summed E-state index contributed by atoms with van der Waals surface area (Å²) in [7, 11) is 0. The highest BCUT2D eigenvalue weighted by Gasteiger charge is 2.11. The zero-order chi connectivity index (χ0) is 12.5. The lowest BCUT2D eigenvalue weighted by molar-refractivity contribution is 0.323. The van der Waals surface area contributed by atoms with E-state index in [1.54, 1.807) is 6.07 Å². The van der Waals surface area contributed by atoms with Crippen molar-refractivity contribution >= 4 is 5.69 Å². The maximum Gasteiger partial charge on any atom is 0.159 e. The first-order valence-corrected chi connectivity index (χ1v) is 5.70. The van der Waals surface area contributed by atoms with E-state index in [1.165, 1.54) is 6.07 Å². The smallest absolute Gasteiger partial charge is 0.159 e. The Labute approximate surface area is 103 Å². The van der Waals surface area contributed by atoms with Gasteiger partial charge in [0.2, 0.25) is 0 Å². The van der Waals surface area contributed by atoms with Crippen LogP contribution in [0.3, 0.4) is 0 Å². The number of rotatable bonds is 1. The summed E-state index contributed by atoms with van der Waals surface area (Å²) in [6, 6.07) is 9.43. The van der Waals surface area contributed by atoms with Gasteiger partial charge in [0, 0.05) is 6.54 Å². The molecule has 0 unspecified atom stereocenters. The maximum absolute atomic E-state index is 13.2. The minimum absolute atomic E-state index is 0.636. The van der Waals surface area contributed by atoms with Gasteiger partial charge < -0.3 is 10.1 Å². The Bertz CT molecular complexity index is 598. The van der Waals surface area contributed by atoms with Crippen molar-refractivity contribution in [2.45, 2.75) is 0 Å². The average Bonchev–Trinajstić information content (AvgIpc) is 2.41. The molecule has 0 bridgehead atoms. The van der Waals surface area contributed by atoms with Crippen molar-refractivity contribution in [3.05, 3.63) is 48.0 Å². The van der Waals surface area contributed by atoms with Gasteiger partial charge in [-0.1, -0.05) is 12.1 Å². The van der Waals surface area contributed by atoms with Gasteiger partial charge >= 0.3 is 0 Å². The third-order valence-electron chi connectivity index (χ3n) is 2.91. The second kappa shape index (κ2) is 4.29. The lowest BCUT2D eigenvalue weighted by atomic mass is 10.0. The predicted octanol–water partition coefficient (Wildman–Crippen LogP) is 3.44. The number of ether oxygens (including phenoxy) is 1. The third kappa shape index (κ3) is 1.90. The number of nitrogens with one attached hydrogen (secondary N) is 1. The van der Waals surface area contributed by atoms with Crippen LogP contribution in [0, 0.1) is 11.6 Å². The molecule has 2 aromatic rings. The van der Waals surface area contributed by atoms with Gasteiger partial charge in [0.1, 0.15) is 12.4 Å². The number of hydrogen-bond donors (Lipinski definition) is 1. The molecule has 0 fully saturated rings. The standard InChI is InChI=1S/C14H11F2NO/c15-11-3-1-9(7-12(11)16)10-2-4-14-13(8-10)17-5-6-18-14/h1-4,7-8,17H,5-6H2. The number of benzene rings is 2. The van der Waals surface area contributed by atoms with Crippen molar-refractivity contribution in [3.63, 3.8) is 0 Å². The molecule has 1 aliphatic heterocycles. The molecule has 0 aromatic heterocycles. The fraction of sp³-hybridized carbons (Fsp3) is 0.143. The first-order chi connectivity index (χ1) is 8.74. The van der Waals surface area contributed by atoms with Crippen LogP contribution in [0.1, 0.15) is 0 Å². The van der Waals surface area contributed by atoms with Crippen LogP contribution in [-0.4, -0.2) is 13.2 Å². The minimum Gasteiger partial charge on any atom is -0.490 e. The second-order valence-corrected chi connectivity index (χ2v) is 4.12. The summed E-state index contributed by atoms with van der Waals surface area (Å²) in [4.78, 5) is 0. The SMILES string of the molecule is Fc1ccc(-c2ccc3c(c2)NCCO3)cc1F. The monoisotopic (exact) mass is 247 g/mol. The molecule has 1 aliphatic rings. The zero-order valence-corrected chi connectivity index (χ0v) is 9.54. The lowest BCUT2D eigenvalue weighted by Gasteiger charge is -2.19. The summed E-state index contributed by atoms with van der Waals surface area (Å²) in [6.45, 7) is 1.38. The molecule has 1 heterocycles. The Hall–Kier alpha value is -2.10. The summed E-state index contributed by atoms with van der Waals surface area (Å²) in [5.74, 6) is -0.889. The van der Waals surface area contributed by atoms with Crippen LogP contribution < -0.4 is 10.1 Å². The first kappa shape index (κ1) is 11.0. The summed E-state index contributed by atoms with van der Waals surface area (Å²) in [6.07, 6.45) is 0. The molecule has 1 N–H and O–H groups in total. The van der Waals surface area contributed by atoms with Gasteiger partial charge in [-0.05, 0) is 35.4 Å². The van der Waals surface area contributed by atoms with Gasteiger partial charge in [-0.25, -0.2) is 8.78 Å². The number of anilines is 1.